The molecular weight excluding hydrogens is 281 g/mol. The maximum absolute atomic E-state index is 12.4. The Morgan fingerprint density at radius 2 is 1.74 bits per heavy atom. The smallest absolute Gasteiger partial charge is 0.224 e. The lowest BCUT2D eigenvalue weighted by atomic mass is 10.1. The number of amides is 1. The molecular formula is C15H23Cl2NO. The summed E-state index contributed by atoms with van der Waals surface area (Å²) in [4.78, 5) is 12.4. The summed E-state index contributed by atoms with van der Waals surface area (Å²) in [6.07, 6.45) is 9.11. The van der Waals surface area contributed by atoms with Gasteiger partial charge in [-0.1, -0.05) is 62.7 Å². The lowest BCUT2D eigenvalue weighted by Crippen LogP contribution is -2.36. The Kier molecular flexibility index (Phi) is 4.84. The van der Waals surface area contributed by atoms with E-state index < -0.39 is 0 Å². The van der Waals surface area contributed by atoms with Gasteiger partial charge in [0.15, 0.2) is 0 Å². The molecule has 0 radical (unpaired) electrons. The third kappa shape index (κ3) is 3.66. The van der Waals surface area contributed by atoms with Crippen molar-refractivity contribution in [1.29, 1.82) is 0 Å². The molecule has 108 valence electrons. The average molecular weight is 304 g/mol. The number of hydrogen-bond donors (Lipinski definition) is 1. The van der Waals surface area contributed by atoms with Crippen molar-refractivity contribution in [3.63, 3.8) is 0 Å². The van der Waals surface area contributed by atoms with Gasteiger partial charge in [0.2, 0.25) is 5.91 Å². The Bertz CT molecular complexity index is 366. The summed E-state index contributed by atoms with van der Waals surface area (Å²) in [5.41, 5.74) is -0.0240. The Hall–Kier alpha value is -0.210. The van der Waals surface area contributed by atoms with Gasteiger partial charge in [-0.2, -0.15) is 0 Å². The largest absolute Gasteiger partial charge is 0.353 e. The van der Waals surface area contributed by atoms with Gasteiger partial charge in [-0.25, -0.2) is 0 Å². The zero-order chi connectivity index (χ0) is 14.0. The van der Waals surface area contributed by atoms with E-state index in [4.69, 9.17) is 23.2 Å². The molecule has 4 heteroatoms. The molecule has 2 atom stereocenters. The first-order valence-electron chi connectivity index (χ1n) is 7.26. The van der Waals surface area contributed by atoms with Gasteiger partial charge in [-0.3, -0.25) is 4.79 Å². The zero-order valence-corrected chi connectivity index (χ0v) is 13.2. The van der Waals surface area contributed by atoms with Gasteiger partial charge in [0.25, 0.3) is 0 Å². The number of nitrogens with one attached hydrogen (secondary N) is 1. The van der Waals surface area contributed by atoms with Crippen molar-refractivity contribution in [1.82, 2.24) is 5.32 Å². The molecule has 0 aromatic rings. The fourth-order valence-corrected chi connectivity index (χ4v) is 3.61. The summed E-state index contributed by atoms with van der Waals surface area (Å²) >= 11 is 11.4. The summed E-state index contributed by atoms with van der Waals surface area (Å²) in [7, 11) is 0. The Morgan fingerprint density at radius 3 is 2.26 bits per heavy atom. The van der Waals surface area contributed by atoms with Gasteiger partial charge in [0.05, 0.1) is 5.92 Å². The van der Waals surface area contributed by atoms with Crippen LogP contribution in [0, 0.1) is 17.3 Å². The van der Waals surface area contributed by atoms with Gasteiger partial charge in [-0.05, 0) is 30.3 Å². The molecule has 2 saturated carbocycles. The van der Waals surface area contributed by atoms with E-state index in [1.807, 2.05) is 0 Å². The molecule has 0 saturated heterocycles. The highest BCUT2D eigenvalue weighted by molar-refractivity contribution is 6.55. The maximum Gasteiger partial charge on any atom is 0.224 e. The van der Waals surface area contributed by atoms with E-state index >= 15 is 0 Å². The van der Waals surface area contributed by atoms with E-state index in [0.717, 1.165) is 12.8 Å². The molecule has 0 bridgehead atoms. The van der Waals surface area contributed by atoms with Crippen LogP contribution in [-0.2, 0) is 4.79 Å². The molecule has 0 aromatic carbocycles. The van der Waals surface area contributed by atoms with Crippen molar-refractivity contribution in [2.45, 2.75) is 58.4 Å². The molecule has 2 nitrogen and oxygen atoms in total. The Morgan fingerprint density at radius 1 is 1.16 bits per heavy atom. The van der Waals surface area contributed by atoms with Crippen molar-refractivity contribution in [3.05, 3.63) is 10.6 Å². The first-order valence-corrected chi connectivity index (χ1v) is 8.01. The van der Waals surface area contributed by atoms with E-state index in [1.54, 1.807) is 6.08 Å². The van der Waals surface area contributed by atoms with Crippen molar-refractivity contribution < 1.29 is 4.79 Å². The van der Waals surface area contributed by atoms with Crippen LogP contribution < -0.4 is 5.32 Å². The van der Waals surface area contributed by atoms with E-state index in [1.165, 1.54) is 25.7 Å². The highest BCUT2D eigenvalue weighted by atomic mass is 35.5. The second kappa shape index (κ2) is 6.05. The standard InChI is InChI=1S/C15H23Cl2NO/c1-15(2)11(9-12(16)17)13(15)14(19)18-10-7-5-3-4-6-8-10/h9-11,13H,3-8H2,1-2H3,(H,18,19). The van der Waals surface area contributed by atoms with Gasteiger partial charge < -0.3 is 5.32 Å². The third-order valence-electron chi connectivity index (χ3n) is 4.70. The fraction of sp³-hybridized carbons (Fsp3) is 0.800. The molecule has 2 aliphatic rings. The fourth-order valence-electron chi connectivity index (χ4n) is 3.34. The van der Waals surface area contributed by atoms with Crippen LogP contribution in [0.5, 0.6) is 0 Å². The summed E-state index contributed by atoms with van der Waals surface area (Å²) in [6.45, 7) is 4.20. The minimum atomic E-state index is -0.0240. The van der Waals surface area contributed by atoms with Crippen LogP contribution >= 0.6 is 23.2 Å². The summed E-state index contributed by atoms with van der Waals surface area (Å²) < 4.78 is 0.267. The molecule has 2 fully saturated rings. The van der Waals surface area contributed by atoms with E-state index in [9.17, 15) is 4.79 Å². The first-order chi connectivity index (χ1) is 8.93. The van der Waals surface area contributed by atoms with Gasteiger partial charge in [0.1, 0.15) is 4.49 Å². The number of halogens is 2. The molecule has 2 unspecified atom stereocenters. The highest BCUT2D eigenvalue weighted by Crippen LogP contribution is 2.59. The summed E-state index contributed by atoms with van der Waals surface area (Å²) in [6, 6.07) is 0.363. The second-order valence-electron chi connectivity index (χ2n) is 6.48. The molecule has 2 aliphatic carbocycles. The molecule has 0 spiro atoms. The van der Waals surface area contributed by atoms with Crippen molar-refractivity contribution in [2.75, 3.05) is 0 Å². The lowest BCUT2D eigenvalue weighted by Gasteiger charge is -2.16. The molecule has 19 heavy (non-hydrogen) atoms. The van der Waals surface area contributed by atoms with Gasteiger partial charge in [-0.15, -0.1) is 0 Å². The predicted octanol–water partition coefficient (Wildman–Crippen LogP) is 4.42. The molecule has 0 aliphatic heterocycles. The van der Waals surface area contributed by atoms with E-state index in [0.29, 0.717) is 6.04 Å². The van der Waals surface area contributed by atoms with Crippen LogP contribution in [0.2, 0.25) is 0 Å². The Balaban J connectivity index is 1.91. The molecule has 2 rings (SSSR count). The topological polar surface area (TPSA) is 29.1 Å². The minimum Gasteiger partial charge on any atom is -0.353 e. The monoisotopic (exact) mass is 303 g/mol. The van der Waals surface area contributed by atoms with E-state index in [2.05, 4.69) is 19.2 Å². The zero-order valence-electron chi connectivity index (χ0n) is 11.7. The minimum absolute atomic E-state index is 0.0169. The van der Waals surface area contributed by atoms with Crippen LogP contribution in [0.1, 0.15) is 52.4 Å². The van der Waals surface area contributed by atoms with Gasteiger partial charge >= 0.3 is 0 Å². The first kappa shape index (κ1) is 15.2. The van der Waals surface area contributed by atoms with Crippen molar-refractivity contribution >= 4 is 29.1 Å². The van der Waals surface area contributed by atoms with Crippen LogP contribution in [0.25, 0.3) is 0 Å². The number of rotatable bonds is 3. The summed E-state index contributed by atoms with van der Waals surface area (Å²) in [5, 5.41) is 3.23. The average Bonchev–Trinajstić information content (AvgIpc) is 2.92. The van der Waals surface area contributed by atoms with Crippen LogP contribution in [-0.4, -0.2) is 11.9 Å². The van der Waals surface area contributed by atoms with Gasteiger partial charge in [0, 0.05) is 6.04 Å². The van der Waals surface area contributed by atoms with Crippen LogP contribution in [0.15, 0.2) is 10.6 Å². The number of carbonyl (C=O) groups excluding carboxylic acids is 1. The van der Waals surface area contributed by atoms with Crippen molar-refractivity contribution in [2.24, 2.45) is 17.3 Å². The summed E-state index contributed by atoms with van der Waals surface area (Å²) in [5.74, 6) is 0.360. The third-order valence-corrected chi connectivity index (χ3v) is 4.95. The predicted molar refractivity (Wildman–Crippen MR) is 80.2 cm³/mol. The molecule has 1 N–H and O–H groups in total. The maximum atomic E-state index is 12.4. The van der Waals surface area contributed by atoms with Crippen LogP contribution in [0.3, 0.4) is 0 Å². The SMILES string of the molecule is CC1(C)C(C=C(Cl)Cl)C1C(=O)NC1CCCCCC1. The van der Waals surface area contributed by atoms with E-state index in [-0.39, 0.29) is 27.6 Å². The normalized spacial score (nSPS) is 30.3. The molecule has 1 amide bonds. The number of carbonyl (C=O) groups is 1. The second-order valence-corrected chi connectivity index (χ2v) is 7.49. The van der Waals surface area contributed by atoms with Crippen LogP contribution in [0.4, 0.5) is 0 Å². The quantitative estimate of drug-likeness (QED) is 0.768. The number of hydrogen-bond acceptors (Lipinski definition) is 1. The van der Waals surface area contributed by atoms with Crippen molar-refractivity contribution in [3.8, 4) is 0 Å². The molecule has 0 heterocycles. The Labute approximate surface area is 125 Å². The highest BCUT2D eigenvalue weighted by Gasteiger charge is 2.60. The lowest BCUT2D eigenvalue weighted by molar-refractivity contribution is -0.123. The number of allylic oxidation sites excluding steroid dienone is 1. The molecule has 0 aromatic heterocycles.